The molecular weight excluding hydrogens is 214 g/mol. The van der Waals surface area contributed by atoms with Crippen molar-refractivity contribution in [3.63, 3.8) is 0 Å². The van der Waals surface area contributed by atoms with Crippen molar-refractivity contribution in [1.29, 1.82) is 0 Å². The van der Waals surface area contributed by atoms with Crippen LogP contribution in [0.2, 0.25) is 0 Å². The van der Waals surface area contributed by atoms with Gasteiger partial charge in [-0.25, -0.2) is 0 Å². The van der Waals surface area contributed by atoms with Crippen LogP contribution < -0.4 is 5.73 Å². The molecule has 1 aromatic rings. The third-order valence-corrected chi connectivity index (χ3v) is 2.58. The zero-order valence-corrected chi connectivity index (χ0v) is 7.54. The minimum absolute atomic E-state index is 0.0121. The number of hydrogen-bond donors (Lipinski definition) is 1. The summed E-state index contributed by atoms with van der Waals surface area (Å²) in [6, 6.07) is 1.78. The first-order valence-electron chi connectivity index (χ1n) is 2.71. The van der Waals surface area contributed by atoms with E-state index >= 15 is 0 Å². The van der Waals surface area contributed by atoms with Crippen LogP contribution in [0, 0.1) is 0 Å². The molecule has 1 rings (SSSR count). The van der Waals surface area contributed by atoms with E-state index in [1.54, 1.807) is 11.4 Å². The Morgan fingerprint density at radius 3 is 2.90 bits per heavy atom. The second kappa shape index (κ2) is 3.27. The molecule has 0 radical (unpaired) electrons. The molecule has 0 aliphatic heterocycles. The normalized spacial score (nSPS) is 9.80. The van der Waals surface area contributed by atoms with Gasteiger partial charge in [0.25, 0.3) is 0 Å². The van der Waals surface area contributed by atoms with E-state index in [0.717, 1.165) is 3.79 Å². The maximum absolute atomic E-state index is 10.9. The van der Waals surface area contributed by atoms with Gasteiger partial charge in [-0.1, -0.05) is 0 Å². The Morgan fingerprint density at radius 2 is 2.50 bits per heavy atom. The molecule has 4 heteroatoms. The van der Waals surface area contributed by atoms with Gasteiger partial charge in [-0.05, 0) is 22.0 Å². The highest BCUT2D eigenvalue weighted by Gasteiger charge is 2.04. The Balaban J connectivity index is 2.85. The van der Waals surface area contributed by atoms with Crippen molar-refractivity contribution >= 4 is 33.0 Å². The van der Waals surface area contributed by atoms with Gasteiger partial charge < -0.3 is 5.73 Å². The highest BCUT2D eigenvalue weighted by molar-refractivity contribution is 9.11. The highest BCUT2D eigenvalue weighted by Crippen LogP contribution is 2.20. The lowest BCUT2D eigenvalue weighted by Crippen LogP contribution is -2.12. The third kappa shape index (κ3) is 1.65. The van der Waals surface area contributed by atoms with Gasteiger partial charge in [0.05, 0.1) is 10.3 Å². The number of nitrogens with two attached hydrogens (primary N) is 1. The summed E-state index contributed by atoms with van der Waals surface area (Å²) in [6.07, 6.45) is 0. The van der Waals surface area contributed by atoms with Crippen LogP contribution in [0.4, 0.5) is 0 Å². The molecule has 54 valence electrons. The van der Waals surface area contributed by atoms with Gasteiger partial charge in [-0.3, -0.25) is 4.79 Å². The van der Waals surface area contributed by atoms with Gasteiger partial charge in [0.15, 0.2) is 5.78 Å². The van der Waals surface area contributed by atoms with Crippen molar-refractivity contribution in [1.82, 2.24) is 0 Å². The summed E-state index contributed by atoms with van der Waals surface area (Å²) >= 11 is 4.74. The minimum atomic E-state index is -0.0121. The van der Waals surface area contributed by atoms with Crippen LogP contribution in [-0.2, 0) is 0 Å². The Bertz CT molecular complexity index is 246. The summed E-state index contributed by atoms with van der Waals surface area (Å²) in [6.45, 7) is 0.0865. The van der Waals surface area contributed by atoms with Crippen molar-refractivity contribution in [2.45, 2.75) is 0 Å². The molecule has 0 aliphatic rings. The Hall–Kier alpha value is -0.190. The molecule has 0 spiro atoms. The standard InChI is InChI=1S/C6H6BrNOS/c7-6-1-4(3-10-6)5(9)2-8/h1,3H,2,8H2. The van der Waals surface area contributed by atoms with E-state index in [2.05, 4.69) is 15.9 Å². The van der Waals surface area contributed by atoms with Crippen LogP contribution in [0.3, 0.4) is 0 Å². The number of rotatable bonds is 2. The lowest BCUT2D eigenvalue weighted by Gasteiger charge is -1.87. The van der Waals surface area contributed by atoms with Crippen LogP contribution in [0.1, 0.15) is 10.4 Å². The summed E-state index contributed by atoms with van der Waals surface area (Å²) in [5.41, 5.74) is 5.85. The first-order chi connectivity index (χ1) is 4.74. The number of thiophene rings is 1. The quantitative estimate of drug-likeness (QED) is 0.770. The van der Waals surface area contributed by atoms with E-state index < -0.39 is 0 Å². The average Bonchev–Trinajstić information content (AvgIpc) is 2.34. The summed E-state index contributed by atoms with van der Waals surface area (Å²) < 4.78 is 0.962. The molecule has 0 fully saturated rings. The van der Waals surface area contributed by atoms with Gasteiger partial charge in [0.2, 0.25) is 0 Å². The molecule has 0 atom stereocenters. The summed E-state index contributed by atoms with van der Waals surface area (Å²) in [7, 11) is 0. The number of halogens is 1. The van der Waals surface area contributed by atoms with E-state index in [1.165, 1.54) is 11.3 Å². The molecule has 0 bridgehead atoms. The van der Waals surface area contributed by atoms with Crippen LogP contribution in [-0.4, -0.2) is 12.3 Å². The zero-order valence-electron chi connectivity index (χ0n) is 5.13. The molecule has 0 saturated heterocycles. The van der Waals surface area contributed by atoms with Crippen molar-refractivity contribution in [2.75, 3.05) is 6.54 Å². The number of ketones is 1. The van der Waals surface area contributed by atoms with Gasteiger partial charge in [-0.15, -0.1) is 11.3 Å². The van der Waals surface area contributed by atoms with Gasteiger partial charge in [-0.2, -0.15) is 0 Å². The van der Waals surface area contributed by atoms with Crippen molar-refractivity contribution in [3.8, 4) is 0 Å². The number of carbonyl (C=O) groups excluding carboxylic acids is 1. The number of Topliss-reactive ketones (excluding diaryl/α,β-unsaturated/α-hetero) is 1. The molecule has 0 saturated carbocycles. The highest BCUT2D eigenvalue weighted by atomic mass is 79.9. The largest absolute Gasteiger partial charge is 0.324 e. The summed E-state index contributed by atoms with van der Waals surface area (Å²) in [5, 5.41) is 1.79. The molecule has 2 nitrogen and oxygen atoms in total. The molecule has 10 heavy (non-hydrogen) atoms. The lowest BCUT2D eigenvalue weighted by atomic mass is 10.2. The molecular formula is C6H6BrNOS. The SMILES string of the molecule is NCC(=O)c1csc(Br)c1. The van der Waals surface area contributed by atoms with E-state index in [-0.39, 0.29) is 12.3 Å². The maximum Gasteiger partial charge on any atom is 0.177 e. The maximum atomic E-state index is 10.9. The van der Waals surface area contributed by atoms with Crippen LogP contribution in [0.5, 0.6) is 0 Å². The number of carbonyl (C=O) groups is 1. The fourth-order valence-corrected chi connectivity index (χ4v) is 1.74. The average molecular weight is 220 g/mol. The first-order valence-corrected chi connectivity index (χ1v) is 4.38. The predicted molar refractivity (Wildman–Crippen MR) is 45.4 cm³/mol. The monoisotopic (exact) mass is 219 g/mol. The number of hydrogen-bond acceptors (Lipinski definition) is 3. The first kappa shape index (κ1) is 7.91. The predicted octanol–water partition coefficient (Wildman–Crippen LogP) is 1.65. The second-order valence-corrected chi connectivity index (χ2v) is 4.06. The molecule has 2 N–H and O–H groups in total. The smallest absolute Gasteiger partial charge is 0.177 e. The fraction of sp³-hybridized carbons (Fsp3) is 0.167. The fourth-order valence-electron chi connectivity index (χ4n) is 0.574. The van der Waals surface area contributed by atoms with Crippen molar-refractivity contribution in [3.05, 3.63) is 20.8 Å². The minimum Gasteiger partial charge on any atom is -0.324 e. The Labute approximate surface area is 71.2 Å². The van der Waals surface area contributed by atoms with Gasteiger partial charge in [0.1, 0.15) is 0 Å². The van der Waals surface area contributed by atoms with E-state index in [0.29, 0.717) is 5.56 Å². The topological polar surface area (TPSA) is 43.1 Å². The van der Waals surface area contributed by atoms with E-state index in [4.69, 9.17) is 5.73 Å². The Kier molecular flexibility index (Phi) is 2.59. The third-order valence-electron chi connectivity index (χ3n) is 1.07. The molecule has 1 aromatic heterocycles. The molecule has 1 heterocycles. The van der Waals surface area contributed by atoms with Crippen LogP contribution in [0.15, 0.2) is 15.2 Å². The van der Waals surface area contributed by atoms with Gasteiger partial charge in [0, 0.05) is 10.9 Å². The van der Waals surface area contributed by atoms with Crippen molar-refractivity contribution < 1.29 is 4.79 Å². The lowest BCUT2D eigenvalue weighted by molar-refractivity contribution is 0.100. The molecule has 0 aliphatic carbocycles. The second-order valence-electron chi connectivity index (χ2n) is 1.77. The summed E-state index contributed by atoms with van der Waals surface area (Å²) in [4.78, 5) is 10.9. The molecule has 0 amide bonds. The van der Waals surface area contributed by atoms with Crippen LogP contribution >= 0.6 is 27.3 Å². The van der Waals surface area contributed by atoms with Crippen LogP contribution in [0.25, 0.3) is 0 Å². The molecule has 0 aromatic carbocycles. The van der Waals surface area contributed by atoms with E-state index in [9.17, 15) is 4.79 Å². The van der Waals surface area contributed by atoms with Gasteiger partial charge >= 0.3 is 0 Å². The Morgan fingerprint density at radius 1 is 1.80 bits per heavy atom. The zero-order chi connectivity index (χ0) is 7.56. The van der Waals surface area contributed by atoms with Crippen molar-refractivity contribution in [2.24, 2.45) is 5.73 Å². The van der Waals surface area contributed by atoms with E-state index in [1.807, 2.05) is 0 Å². The summed E-state index contributed by atoms with van der Waals surface area (Å²) in [5.74, 6) is -0.0121. The molecule has 0 unspecified atom stereocenters.